The number of hydrogen-bond acceptors (Lipinski definition) is 8. The zero-order valence-electron chi connectivity index (χ0n) is 16.5. The molecule has 160 valence electrons. The third kappa shape index (κ3) is 4.39. The molecule has 0 spiro atoms. The fraction of sp³-hybridized carbons (Fsp3) is 0.294. The molecule has 0 bridgehead atoms. The van der Waals surface area contributed by atoms with Crippen LogP contribution in [0.1, 0.15) is 25.3 Å². The highest BCUT2D eigenvalue weighted by molar-refractivity contribution is 7.90. The number of urea groups is 1. The summed E-state index contributed by atoms with van der Waals surface area (Å²) in [6, 6.07) is 3.77. The summed E-state index contributed by atoms with van der Waals surface area (Å²) < 4.78 is 38.9. The molecular weight excluding hydrogens is 436 g/mol. The molecule has 3 aromatic heterocycles. The lowest BCUT2D eigenvalue weighted by Gasteiger charge is -2.10. The Labute approximate surface area is 177 Å². The van der Waals surface area contributed by atoms with E-state index in [9.17, 15) is 13.2 Å². The molecule has 3 heterocycles. The summed E-state index contributed by atoms with van der Waals surface area (Å²) in [5, 5.41) is 1.59. The van der Waals surface area contributed by atoms with E-state index in [2.05, 4.69) is 20.3 Å². The topological polar surface area (TPSA) is 137 Å². The monoisotopic (exact) mass is 454 g/mol. The molecule has 0 aliphatic heterocycles. The number of aromatic nitrogens is 4. The minimum absolute atomic E-state index is 0.117. The standard InChI is InChI=1S/C17H19ClN6O5S/c1-9(2)10-5-6-11-19-14(18)15(24(11)8-10)30(26,27)23-17(25)22-16-20-12(28-3)7-13(21-16)29-4/h5-9H,1-4H3,(H2,20,21,22,23,25). The molecule has 2 amide bonds. The maximum atomic E-state index is 12.8. The van der Waals surface area contributed by atoms with Gasteiger partial charge in [0, 0.05) is 6.20 Å². The molecule has 3 rings (SSSR count). The van der Waals surface area contributed by atoms with Gasteiger partial charge >= 0.3 is 6.03 Å². The third-order valence-electron chi connectivity index (χ3n) is 4.03. The Balaban J connectivity index is 1.91. The zero-order valence-corrected chi connectivity index (χ0v) is 18.1. The van der Waals surface area contributed by atoms with Crippen LogP contribution in [0.2, 0.25) is 5.15 Å². The van der Waals surface area contributed by atoms with Crippen molar-refractivity contribution in [2.24, 2.45) is 0 Å². The number of imidazole rings is 1. The van der Waals surface area contributed by atoms with Gasteiger partial charge in [0.25, 0.3) is 10.0 Å². The summed E-state index contributed by atoms with van der Waals surface area (Å²) >= 11 is 6.07. The van der Waals surface area contributed by atoms with Crippen molar-refractivity contribution in [1.82, 2.24) is 24.1 Å². The van der Waals surface area contributed by atoms with Crippen LogP contribution in [0.5, 0.6) is 11.8 Å². The highest BCUT2D eigenvalue weighted by Gasteiger charge is 2.27. The molecule has 0 saturated heterocycles. The molecule has 0 aromatic carbocycles. The van der Waals surface area contributed by atoms with Gasteiger partial charge in [-0.3, -0.25) is 9.72 Å². The van der Waals surface area contributed by atoms with E-state index in [4.69, 9.17) is 21.1 Å². The summed E-state index contributed by atoms with van der Waals surface area (Å²) in [5.41, 5.74) is 1.19. The van der Waals surface area contributed by atoms with Crippen molar-refractivity contribution in [2.75, 3.05) is 19.5 Å². The van der Waals surface area contributed by atoms with Gasteiger partial charge in [-0.05, 0) is 17.5 Å². The first-order chi connectivity index (χ1) is 14.1. The SMILES string of the molecule is COc1cc(OC)nc(NC(=O)NS(=O)(=O)c2c(Cl)nc3ccc(C(C)C)cn23)n1. The number of nitrogens with zero attached hydrogens (tertiary/aromatic N) is 4. The number of sulfonamides is 1. The van der Waals surface area contributed by atoms with Crippen LogP contribution in [0.3, 0.4) is 0 Å². The second-order valence-corrected chi connectivity index (χ2v) is 8.34. The van der Waals surface area contributed by atoms with Crippen LogP contribution < -0.4 is 19.5 Å². The molecule has 0 aliphatic carbocycles. The third-order valence-corrected chi connectivity index (χ3v) is 5.76. The molecule has 0 saturated carbocycles. The number of halogens is 1. The quantitative estimate of drug-likeness (QED) is 0.579. The average Bonchev–Trinajstić information content (AvgIpc) is 3.02. The number of rotatable bonds is 6. The molecule has 11 nitrogen and oxygen atoms in total. The predicted molar refractivity (Wildman–Crippen MR) is 109 cm³/mol. The van der Waals surface area contributed by atoms with E-state index in [0.717, 1.165) is 5.56 Å². The second kappa shape index (κ2) is 8.32. The van der Waals surface area contributed by atoms with E-state index < -0.39 is 16.1 Å². The van der Waals surface area contributed by atoms with Crippen molar-refractivity contribution in [2.45, 2.75) is 24.8 Å². The highest BCUT2D eigenvalue weighted by atomic mass is 35.5. The fourth-order valence-electron chi connectivity index (χ4n) is 2.56. The molecule has 3 aromatic rings. The van der Waals surface area contributed by atoms with Gasteiger partial charge in [-0.1, -0.05) is 31.5 Å². The summed E-state index contributed by atoms with van der Waals surface area (Å²) in [5.74, 6) is 0.157. The van der Waals surface area contributed by atoms with E-state index in [1.54, 1.807) is 12.3 Å². The van der Waals surface area contributed by atoms with Crippen molar-refractivity contribution in [3.8, 4) is 11.8 Å². The number of hydrogen-bond donors (Lipinski definition) is 2. The highest BCUT2D eigenvalue weighted by Crippen LogP contribution is 2.25. The second-order valence-electron chi connectivity index (χ2n) is 6.39. The molecule has 0 aliphatic rings. The lowest BCUT2D eigenvalue weighted by atomic mass is 10.1. The van der Waals surface area contributed by atoms with Crippen LogP contribution >= 0.6 is 11.6 Å². The van der Waals surface area contributed by atoms with Crippen molar-refractivity contribution >= 4 is 39.3 Å². The maximum absolute atomic E-state index is 12.8. The Morgan fingerprint density at radius 3 is 2.33 bits per heavy atom. The smallest absolute Gasteiger partial charge is 0.335 e. The van der Waals surface area contributed by atoms with E-state index in [0.29, 0.717) is 5.65 Å². The Kier molecular flexibility index (Phi) is 5.99. The number of fused-ring (bicyclic) bond motifs is 1. The number of carbonyl (C=O) groups excluding carboxylic acids is 1. The van der Waals surface area contributed by atoms with Gasteiger partial charge in [-0.2, -0.15) is 18.4 Å². The number of amides is 2. The molecule has 2 N–H and O–H groups in total. The normalized spacial score (nSPS) is 11.5. The summed E-state index contributed by atoms with van der Waals surface area (Å²) in [6.07, 6.45) is 1.61. The number of anilines is 1. The first-order valence-corrected chi connectivity index (χ1v) is 10.5. The van der Waals surface area contributed by atoms with Crippen LogP contribution in [0.15, 0.2) is 29.4 Å². The van der Waals surface area contributed by atoms with Crippen LogP contribution in [0.25, 0.3) is 5.65 Å². The van der Waals surface area contributed by atoms with Crippen LogP contribution in [-0.4, -0.2) is 48.0 Å². The molecule has 30 heavy (non-hydrogen) atoms. The summed E-state index contributed by atoms with van der Waals surface area (Å²) in [6.45, 7) is 3.92. The summed E-state index contributed by atoms with van der Waals surface area (Å²) in [7, 11) is -1.64. The van der Waals surface area contributed by atoms with Gasteiger partial charge in [0.1, 0.15) is 5.65 Å². The predicted octanol–water partition coefficient (Wildman–Crippen LogP) is 2.43. The number of nitrogens with one attached hydrogen (secondary N) is 2. The molecule has 0 atom stereocenters. The van der Waals surface area contributed by atoms with Crippen molar-refractivity contribution in [3.05, 3.63) is 35.1 Å². The first-order valence-electron chi connectivity index (χ1n) is 8.63. The molecule has 13 heteroatoms. The Hall–Kier alpha value is -3.12. The van der Waals surface area contributed by atoms with Gasteiger partial charge < -0.3 is 9.47 Å². The Morgan fingerprint density at radius 1 is 1.13 bits per heavy atom. The first kappa shape index (κ1) is 21.6. The summed E-state index contributed by atoms with van der Waals surface area (Å²) in [4.78, 5) is 24.2. The van der Waals surface area contributed by atoms with Gasteiger partial charge in [-0.25, -0.2) is 14.5 Å². The molecule has 0 fully saturated rings. The lowest BCUT2D eigenvalue weighted by Crippen LogP contribution is -2.35. The van der Waals surface area contributed by atoms with Crippen LogP contribution in [0.4, 0.5) is 10.7 Å². The van der Waals surface area contributed by atoms with Gasteiger partial charge in [-0.15, -0.1) is 0 Å². The van der Waals surface area contributed by atoms with E-state index in [-0.39, 0.29) is 33.8 Å². The average molecular weight is 455 g/mol. The largest absolute Gasteiger partial charge is 0.481 e. The molecule has 0 unspecified atom stereocenters. The van der Waals surface area contributed by atoms with Gasteiger partial charge in [0.2, 0.25) is 17.7 Å². The van der Waals surface area contributed by atoms with Gasteiger partial charge in [0.05, 0.1) is 20.3 Å². The lowest BCUT2D eigenvalue weighted by molar-refractivity contribution is 0.256. The Morgan fingerprint density at radius 2 is 1.77 bits per heavy atom. The van der Waals surface area contributed by atoms with Crippen LogP contribution in [0, 0.1) is 0 Å². The zero-order chi connectivity index (χ0) is 22.1. The number of pyridine rings is 1. The number of carbonyl (C=O) groups is 1. The van der Waals surface area contributed by atoms with Crippen molar-refractivity contribution < 1.29 is 22.7 Å². The molecule has 0 radical (unpaired) electrons. The van der Waals surface area contributed by atoms with Crippen molar-refractivity contribution in [3.63, 3.8) is 0 Å². The van der Waals surface area contributed by atoms with Crippen LogP contribution in [-0.2, 0) is 10.0 Å². The minimum atomic E-state index is -4.38. The maximum Gasteiger partial charge on any atom is 0.335 e. The molecular formula is C17H19ClN6O5S. The van der Waals surface area contributed by atoms with Crippen molar-refractivity contribution in [1.29, 1.82) is 0 Å². The number of ether oxygens (including phenoxy) is 2. The number of methoxy groups -OCH3 is 2. The van der Waals surface area contributed by atoms with E-state index in [1.807, 2.05) is 24.6 Å². The van der Waals surface area contributed by atoms with Gasteiger partial charge in [0.15, 0.2) is 10.2 Å². The van der Waals surface area contributed by atoms with E-state index in [1.165, 1.54) is 24.7 Å². The van der Waals surface area contributed by atoms with E-state index >= 15 is 0 Å². The Bertz CT molecular complexity index is 1190. The fourth-order valence-corrected chi connectivity index (χ4v) is 4.11. The minimum Gasteiger partial charge on any atom is -0.481 e.